The van der Waals surface area contributed by atoms with Crippen molar-refractivity contribution >= 4 is 18.2 Å². The molecule has 4 heterocycles. The molecule has 2 aliphatic heterocycles. The summed E-state index contributed by atoms with van der Waals surface area (Å²) >= 11 is 0. The zero-order valence-electron chi connectivity index (χ0n) is 18.5. The molecule has 29 heavy (non-hydrogen) atoms. The van der Waals surface area contributed by atoms with Gasteiger partial charge in [-0.3, -0.25) is 9.88 Å². The van der Waals surface area contributed by atoms with Crippen LogP contribution >= 0.6 is 0 Å². The summed E-state index contributed by atoms with van der Waals surface area (Å²) in [6.45, 7) is 16.2. The van der Waals surface area contributed by atoms with Crippen molar-refractivity contribution < 1.29 is 4.65 Å². The molecule has 0 radical (unpaired) electrons. The van der Waals surface area contributed by atoms with Crippen LogP contribution in [0.25, 0.3) is 0 Å². The van der Waals surface area contributed by atoms with Gasteiger partial charge in [0.1, 0.15) is 5.82 Å². The Labute approximate surface area is 175 Å². The molecule has 2 fully saturated rings. The maximum atomic E-state index is 6.35. The smallest absolute Gasteiger partial charge is 0.329 e. The Morgan fingerprint density at radius 2 is 1.72 bits per heavy atom. The van der Waals surface area contributed by atoms with Gasteiger partial charge in [-0.05, 0) is 55.7 Å². The van der Waals surface area contributed by atoms with E-state index >= 15 is 0 Å². The second-order valence-corrected chi connectivity index (χ2v) is 9.73. The Kier molecular flexibility index (Phi) is 5.43. The average molecular weight is 392 g/mol. The quantitative estimate of drug-likeness (QED) is 0.748. The molecule has 0 bridgehead atoms. The van der Waals surface area contributed by atoms with Gasteiger partial charge in [0.2, 0.25) is 0 Å². The largest absolute Gasteiger partial charge is 0.425 e. The predicted molar refractivity (Wildman–Crippen MR) is 120 cm³/mol. The van der Waals surface area contributed by atoms with E-state index in [0.29, 0.717) is 0 Å². The Morgan fingerprint density at radius 3 is 2.28 bits per heavy atom. The molecule has 0 aromatic carbocycles. The fourth-order valence-corrected chi connectivity index (χ4v) is 4.21. The summed E-state index contributed by atoms with van der Waals surface area (Å²) in [5.41, 5.74) is 3.61. The summed E-state index contributed by atoms with van der Waals surface area (Å²) in [6.07, 6.45) is 5.05. The number of aryl methyl sites for hydroxylation is 1. The third-order valence-corrected chi connectivity index (χ3v) is 6.98. The van der Waals surface area contributed by atoms with E-state index in [2.05, 4.69) is 66.7 Å². The topological polar surface area (TPSA) is 41.5 Å². The van der Waals surface area contributed by atoms with E-state index in [1.54, 1.807) is 0 Å². The van der Waals surface area contributed by atoms with Crippen molar-refractivity contribution in [2.45, 2.75) is 53.1 Å². The number of anilines is 1. The van der Waals surface area contributed by atoms with Crippen LogP contribution in [-0.4, -0.2) is 53.6 Å². The minimum atomic E-state index is -0.111. The van der Waals surface area contributed by atoms with Crippen molar-refractivity contribution in [1.82, 2.24) is 14.9 Å². The lowest BCUT2D eigenvalue weighted by Crippen LogP contribution is -2.46. The second kappa shape index (κ2) is 7.73. The summed E-state index contributed by atoms with van der Waals surface area (Å²) in [5.74, 6) is 1.07. The molecule has 0 N–H and O–H groups in total. The van der Waals surface area contributed by atoms with Crippen LogP contribution in [0.15, 0.2) is 36.7 Å². The van der Waals surface area contributed by atoms with Gasteiger partial charge >= 0.3 is 6.92 Å². The van der Waals surface area contributed by atoms with Crippen LogP contribution in [0, 0.1) is 12.3 Å². The molecule has 0 unspecified atom stereocenters. The van der Waals surface area contributed by atoms with Gasteiger partial charge in [0.25, 0.3) is 0 Å². The van der Waals surface area contributed by atoms with Crippen molar-refractivity contribution in [2.24, 2.45) is 5.41 Å². The lowest BCUT2D eigenvalue weighted by atomic mass is 9.54. The van der Waals surface area contributed by atoms with Crippen molar-refractivity contribution in [3.05, 3.63) is 47.9 Å². The van der Waals surface area contributed by atoms with Gasteiger partial charge < -0.3 is 9.55 Å². The zero-order chi connectivity index (χ0) is 20.6. The molecular weight excluding hydrogens is 359 g/mol. The third-order valence-electron chi connectivity index (χ3n) is 6.98. The third kappa shape index (κ3) is 4.33. The van der Waals surface area contributed by atoms with E-state index in [4.69, 9.17) is 9.64 Å². The van der Waals surface area contributed by atoms with E-state index in [1.807, 2.05) is 19.3 Å². The molecular formula is C23H33BN4O. The molecule has 0 amide bonds. The first kappa shape index (κ1) is 20.4. The molecule has 2 saturated heterocycles. The molecule has 6 heteroatoms. The molecule has 2 aliphatic rings. The molecule has 154 valence electrons. The van der Waals surface area contributed by atoms with Crippen LogP contribution in [0.3, 0.4) is 0 Å². The molecule has 0 aliphatic carbocycles. The van der Waals surface area contributed by atoms with Crippen LogP contribution in [0.1, 0.15) is 39.0 Å². The van der Waals surface area contributed by atoms with Gasteiger partial charge in [-0.1, -0.05) is 26.0 Å². The molecule has 2 aromatic heterocycles. The summed E-state index contributed by atoms with van der Waals surface area (Å²) in [6, 6.07) is 8.64. The molecule has 4 rings (SSSR count). The maximum Gasteiger partial charge on any atom is 0.329 e. The number of aromatic nitrogens is 2. The van der Waals surface area contributed by atoms with E-state index in [-0.39, 0.29) is 17.9 Å². The maximum absolute atomic E-state index is 6.35. The van der Waals surface area contributed by atoms with Crippen molar-refractivity contribution in [3.63, 3.8) is 0 Å². The number of pyridine rings is 2. The van der Waals surface area contributed by atoms with Crippen LogP contribution in [0.2, 0.25) is 6.32 Å². The Hall–Kier alpha value is -1.92. The first-order valence-electron chi connectivity index (χ1n) is 10.8. The SMILES string of the molecule is Cc1ccc(CN2CCN(c3ccc(B4CC(C)(C)C(C)(C)O4)cn3)CC2)cn1. The molecule has 5 nitrogen and oxygen atoms in total. The van der Waals surface area contributed by atoms with Gasteiger partial charge in [0.05, 0.1) is 5.60 Å². The van der Waals surface area contributed by atoms with E-state index in [9.17, 15) is 0 Å². The van der Waals surface area contributed by atoms with Gasteiger partial charge in [0.15, 0.2) is 0 Å². The Balaban J connectivity index is 1.33. The van der Waals surface area contributed by atoms with Crippen LogP contribution < -0.4 is 10.4 Å². The van der Waals surface area contributed by atoms with Crippen LogP contribution in [-0.2, 0) is 11.2 Å². The highest BCUT2D eigenvalue weighted by molar-refractivity contribution is 6.68. The fourth-order valence-electron chi connectivity index (χ4n) is 4.21. The number of piperazine rings is 1. The number of nitrogens with zero attached hydrogens (tertiary/aromatic N) is 4. The Morgan fingerprint density at radius 1 is 0.966 bits per heavy atom. The van der Waals surface area contributed by atoms with Crippen molar-refractivity contribution in [1.29, 1.82) is 0 Å². The number of rotatable bonds is 4. The summed E-state index contributed by atoms with van der Waals surface area (Å²) in [7, 11) is 0. The van der Waals surface area contributed by atoms with Crippen molar-refractivity contribution in [3.8, 4) is 0 Å². The standard InChI is InChI=1S/C23H33BN4O/c1-18-6-7-19(14-25-18)16-27-10-12-28(13-11-27)21-9-8-20(15-26-21)24-17-22(2,3)23(4,5)29-24/h6-9,14-15H,10-13,16-17H2,1-5H3. The predicted octanol–water partition coefficient (Wildman–Crippen LogP) is 3.14. The van der Waals surface area contributed by atoms with Gasteiger partial charge in [-0.25, -0.2) is 4.98 Å². The number of hydrogen-bond donors (Lipinski definition) is 0. The fraction of sp³-hybridized carbons (Fsp3) is 0.565. The summed E-state index contributed by atoms with van der Waals surface area (Å²) < 4.78 is 6.35. The van der Waals surface area contributed by atoms with E-state index in [0.717, 1.165) is 50.6 Å². The van der Waals surface area contributed by atoms with Gasteiger partial charge in [-0.15, -0.1) is 0 Å². The zero-order valence-corrected chi connectivity index (χ0v) is 18.5. The minimum Gasteiger partial charge on any atom is -0.425 e. The first-order chi connectivity index (χ1) is 13.7. The summed E-state index contributed by atoms with van der Waals surface area (Å²) in [4.78, 5) is 14.1. The first-order valence-corrected chi connectivity index (χ1v) is 10.8. The highest BCUT2D eigenvalue weighted by atomic mass is 16.5. The monoisotopic (exact) mass is 392 g/mol. The lowest BCUT2D eigenvalue weighted by molar-refractivity contribution is 0.0375. The minimum absolute atomic E-state index is 0.111. The van der Waals surface area contributed by atoms with Gasteiger partial charge in [0, 0.05) is 50.8 Å². The van der Waals surface area contributed by atoms with Crippen LogP contribution in [0.5, 0.6) is 0 Å². The second-order valence-electron chi connectivity index (χ2n) is 9.73. The molecule has 0 spiro atoms. The highest BCUT2D eigenvalue weighted by Gasteiger charge is 2.49. The lowest BCUT2D eigenvalue weighted by Gasteiger charge is -2.35. The number of hydrogen-bond acceptors (Lipinski definition) is 5. The summed E-state index contributed by atoms with van der Waals surface area (Å²) in [5, 5.41) is 0. The molecule has 2 aromatic rings. The van der Waals surface area contributed by atoms with Crippen LogP contribution in [0.4, 0.5) is 5.82 Å². The average Bonchev–Trinajstić information content (AvgIpc) is 2.92. The van der Waals surface area contributed by atoms with Crippen molar-refractivity contribution in [2.75, 3.05) is 31.1 Å². The van der Waals surface area contributed by atoms with E-state index < -0.39 is 0 Å². The normalized spacial score (nSPS) is 21.6. The highest BCUT2D eigenvalue weighted by Crippen LogP contribution is 2.45. The molecule has 0 atom stereocenters. The Bertz CT molecular complexity index is 811. The van der Waals surface area contributed by atoms with Gasteiger partial charge in [-0.2, -0.15) is 0 Å². The van der Waals surface area contributed by atoms with E-state index in [1.165, 1.54) is 11.0 Å². The molecule has 0 saturated carbocycles.